The van der Waals surface area contributed by atoms with E-state index in [-0.39, 0.29) is 12.5 Å². The predicted molar refractivity (Wildman–Crippen MR) is 77.2 cm³/mol. The number of carbonyl (C=O) groups is 3. The lowest BCUT2D eigenvalue weighted by Gasteiger charge is -2.31. The number of esters is 1. The van der Waals surface area contributed by atoms with Gasteiger partial charge in [0, 0.05) is 20.0 Å². The van der Waals surface area contributed by atoms with Crippen LogP contribution in [0.3, 0.4) is 0 Å². The number of hydrogen-bond donors (Lipinski definition) is 1. The zero-order valence-electron chi connectivity index (χ0n) is 13.5. The van der Waals surface area contributed by atoms with Gasteiger partial charge in [-0.25, -0.2) is 4.79 Å². The first-order valence-electron chi connectivity index (χ1n) is 7.18. The summed E-state index contributed by atoms with van der Waals surface area (Å²) in [4.78, 5) is 36.8. The number of nitrogens with zero attached hydrogens (tertiary/aromatic N) is 1. The van der Waals surface area contributed by atoms with E-state index in [4.69, 9.17) is 14.2 Å². The van der Waals surface area contributed by atoms with Gasteiger partial charge in [-0.15, -0.1) is 0 Å². The fourth-order valence-electron chi connectivity index (χ4n) is 1.83. The van der Waals surface area contributed by atoms with Crippen molar-refractivity contribution < 1.29 is 28.6 Å². The monoisotopic (exact) mass is 316 g/mol. The summed E-state index contributed by atoms with van der Waals surface area (Å²) in [6.07, 6.45) is -0.730. The van der Waals surface area contributed by atoms with Crippen molar-refractivity contribution in [3.8, 4) is 0 Å². The maximum Gasteiger partial charge on any atom is 0.408 e. The van der Waals surface area contributed by atoms with Gasteiger partial charge >= 0.3 is 12.1 Å². The lowest BCUT2D eigenvalue weighted by molar-refractivity contribution is -0.146. The Balaban J connectivity index is 2.67. The summed E-state index contributed by atoms with van der Waals surface area (Å²) in [5, 5.41) is 2.46. The van der Waals surface area contributed by atoms with Crippen LogP contribution in [0.4, 0.5) is 4.79 Å². The lowest BCUT2D eigenvalue weighted by Crippen LogP contribution is -2.54. The standard InChI is InChI=1S/C14H24N2O6/c1-10(17)21-9-11(15-13(19)22-14(2,3)4)12(18)16-5-7-20-8-6-16/h11H,5-9H2,1-4H3,(H,15,19). The second-order valence-electron chi connectivity index (χ2n) is 5.94. The van der Waals surface area contributed by atoms with E-state index in [1.165, 1.54) is 6.92 Å². The minimum Gasteiger partial charge on any atom is -0.463 e. The Hall–Kier alpha value is -1.83. The van der Waals surface area contributed by atoms with E-state index in [1.54, 1.807) is 25.7 Å². The van der Waals surface area contributed by atoms with Crippen LogP contribution in [0.1, 0.15) is 27.7 Å². The topological polar surface area (TPSA) is 94.2 Å². The molecule has 0 spiro atoms. The number of alkyl carbamates (subject to hydrolysis) is 1. The fourth-order valence-corrected chi connectivity index (χ4v) is 1.83. The molecule has 0 bridgehead atoms. The lowest BCUT2D eigenvalue weighted by atomic mass is 10.2. The Morgan fingerprint density at radius 1 is 1.23 bits per heavy atom. The number of rotatable bonds is 4. The molecule has 1 heterocycles. The molecule has 1 saturated heterocycles. The summed E-state index contributed by atoms with van der Waals surface area (Å²) in [5.74, 6) is -0.846. The molecule has 0 radical (unpaired) electrons. The van der Waals surface area contributed by atoms with Gasteiger partial charge in [-0.1, -0.05) is 0 Å². The van der Waals surface area contributed by atoms with Gasteiger partial charge in [-0.2, -0.15) is 0 Å². The number of ether oxygens (including phenoxy) is 3. The molecule has 2 amide bonds. The largest absolute Gasteiger partial charge is 0.463 e. The quantitative estimate of drug-likeness (QED) is 0.750. The summed E-state index contributed by atoms with van der Waals surface area (Å²) < 4.78 is 15.2. The Morgan fingerprint density at radius 3 is 2.32 bits per heavy atom. The third-order valence-electron chi connectivity index (χ3n) is 2.77. The Bertz CT molecular complexity index is 412. The maximum absolute atomic E-state index is 12.4. The molecule has 1 N–H and O–H groups in total. The molecule has 0 aromatic heterocycles. The second-order valence-corrected chi connectivity index (χ2v) is 5.94. The third kappa shape index (κ3) is 6.75. The molecule has 8 heteroatoms. The Morgan fingerprint density at radius 2 is 1.82 bits per heavy atom. The van der Waals surface area contributed by atoms with Gasteiger partial charge in [0.2, 0.25) is 5.91 Å². The minimum absolute atomic E-state index is 0.231. The van der Waals surface area contributed by atoms with Gasteiger partial charge in [-0.05, 0) is 20.8 Å². The normalized spacial score (nSPS) is 16.6. The molecule has 22 heavy (non-hydrogen) atoms. The Kier molecular flexibility index (Phi) is 6.61. The summed E-state index contributed by atoms with van der Waals surface area (Å²) in [7, 11) is 0. The minimum atomic E-state index is -0.975. The van der Waals surface area contributed by atoms with Crippen LogP contribution in [0.2, 0.25) is 0 Å². The fraction of sp³-hybridized carbons (Fsp3) is 0.786. The van der Waals surface area contributed by atoms with Crippen molar-refractivity contribution in [1.29, 1.82) is 0 Å². The van der Waals surface area contributed by atoms with Crippen molar-refractivity contribution in [2.75, 3.05) is 32.9 Å². The van der Waals surface area contributed by atoms with Crippen LogP contribution in [-0.4, -0.2) is 67.4 Å². The Labute approximate surface area is 130 Å². The van der Waals surface area contributed by atoms with Gasteiger partial charge in [0.05, 0.1) is 13.2 Å². The average Bonchev–Trinajstić information content (AvgIpc) is 2.41. The van der Waals surface area contributed by atoms with Crippen molar-refractivity contribution in [3.05, 3.63) is 0 Å². The molecule has 1 fully saturated rings. The first kappa shape index (κ1) is 18.2. The van der Waals surface area contributed by atoms with E-state index in [1.807, 2.05) is 0 Å². The van der Waals surface area contributed by atoms with Crippen LogP contribution >= 0.6 is 0 Å². The highest BCUT2D eigenvalue weighted by molar-refractivity contribution is 5.86. The zero-order valence-corrected chi connectivity index (χ0v) is 13.5. The van der Waals surface area contributed by atoms with Crippen molar-refractivity contribution in [3.63, 3.8) is 0 Å². The van der Waals surface area contributed by atoms with Gasteiger partial charge in [0.25, 0.3) is 0 Å². The molecule has 1 aliphatic rings. The van der Waals surface area contributed by atoms with Crippen LogP contribution in [0.15, 0.2) is 0 Å². The number of amides is 2. The second kappa shape index (κ2) is 7.98. The number of nitrogens with one attached hydrogen (secondary N) is 1. The average molecular weight is 316 g/mol. The molecule has 0 aliphatic carbocycles. The SMILES string of the molecule is CC(=O)OCC(NC(=O)OC(C)(C)C)C(=O)N1CCOCC1. The van der Waals surface area contributed by atoms with Crippen molar-refractivity contribution in [2.24, 2.45) is 0 Å². The third-order valence-corrected chi connectivity index (χ3v) is 2.77. The van der Waals surface area contributed by atoms with E-state index in [2.05, 4.69) is 5.32 Å². The molecule has 126 valence electrons. The molecule has 0 saturated carbocycles. The number of carbonyl (C=O) groups excluding carboxylic acids is 3. The smallest absolute Gasteiger partial charge is 0.408 e. The maximum atomic E-state index is 12.4. The molecule has 0 aromatic carbocycles. The molecule has 1 aliphatic heterocycles. The van der Waals surface area contributed by atoms with Gasteiger partial charge in [-0.3, -0.25) is 9.59 Å². The predicted octanol–water partition coefficient (Wildman–Crippen LogP) is 0.302. The van der Waals surface area contributed by atoms with Crippen LogP contribution in [0.25, 0.3) is 0 Å². The van der Waals surface area contributed by atoms with Gasteiger partial charge < -0.3 is 24.4 Å². The summed E-state index contributed by atoms with van der Waals surface area (Å²) in [6.45, 7) is 7.93. The summed E-state index contributed by atoms with van der Waals surface area (Å²) >= 11 is 0. The van der Waals surface area contributed by atoms with Gasteiger partial charge in [0.1, 0.15) is 18.2 Å². The highest BCUT2D eigenvalue weighted by atomic mass is 16.6. The first-order valence-corrected chi connectivity index (χ1v) is 7.18. The molecule has 8 nitrogen and oxygen atoms in total. The highest BCUT2D eigenvalue weighted by Crippen LogP contribution is 2.08. The molecule has 1 atom stereocenters. The van der Waals surface area contributed by atoms with E-state index in [0.717, 1.165) is 0 Å². The zero-order chi connectivity index (χ0) is 16.8. The van der Waals surface area contributed by atoms with E-state index in [0.29, 0.717) is 26.3 Å². The first-order chi connectivity index (χ1) is 10.2. The van der Waals surface area contributed by atoms with E-state index < -0.39 is 23.7 Å². The molecule has 0 aromatic rings. The molecule has 1 rings (SSSR count). The van der Waals surface area contributed by atoms with E-state index >= 15 is 0 Å². The molecular formula is C14H24N2O6. The molecule has 1 unspecified atom stereocenters. The van der Waals surface area contributed by atoms with Crippen molar-refractivity contribution in [2.45, 2.75) is 39.3 Å². The van der Waals surface area contributed by atoms with Gasteiger partial charge in [0.15, 0.2) is 0 Å². The van der Waals surface area contributed by atoms with Crippen molar-refractivity contribution >= 4 is 18.0 Å². The van der Waals surface area contributed by atoms with Crippen LogP contribution < -0.4 is 5.32 Å². The number of hydrogen-bond acceptors (Lipinski definition) is 6. The van der Waals surface area contributed by atoms with Crippen LogP contribution in [-0.2, 0) is 23.8 Å². The van der Waals surface area contributed by atoms with Crippen LogP contribution in [0.5, 0.6) is 0 Å². The summed E-state index contributed by atoms with van der Waals surface area (Å²) in [6, 6.07) is -0.975. The van der Waals surface area contributed by atoms with Crippen molar-refractivity contribution in [1.82, 2.24) is 10.2 Å². The molecular weight excluding hydrogens is 292 g/mol. The highest BCUT2D eigenvalue weighted by Gasteiger charge is 2.29. The van der Waals surface area contributed by atoms with Crippen LogP contribution in [0, 0.1) is 0 Å². The number of morpholine rings is 1. The van der Waals surface area contributed by atoms with E-state index in [9.17, 15) is 14.4 Å². The summed E-state index contributed by atoms with van der Waals surface area (Å²) in [5.41, 5.74) is -0.682.